The van der Waals surface area contributed by atoms with Crippen molar-refractivity contribution in [1.29, 1.82) is 0 Å². The van der Waals surface area contributed by atoms with Gasteiger partial charge in [-0.3, -0.25) is 5.10 Å². The van der Waals surface area contributed by atoms with E-state index in [-0.39, 0.29) is 5.25 Å². The third-order valence-corrected chi connectivity index (χ3v) is 2.15. The molecule has 0 aliphatic carbocycles. The second-order valence-corrected chi connectivity index (χ2v) is 2.97. The Morgan fingerprint density at radius 1 is 1.70 bits per heavy atom. The molecule has 56 valence electrons. The molecule has 10 heavy (non-hydrogen) atoms. The van der Waals surface area contributed by atoms with E-state index in [1.807, 2.05) is 6.92 Å². The molecular weight excluding hydrogens is 166 g/mol. The lowest BCUT2D eigenvalue weighted by Gasteiger charge is -1.97. The van der Waals surface area contributed by atoms with Crippen molar-refractivity contribution in [3.8, 4) is 0 Å². The van der Waals surface area contributed by atoms with Crippen LogP contribution in [0.3, 0.4) is 0 Å². The fraction of sp³-hybridized carbons (Fsp3) is 0.600. The Balaban J connectivity index is 2.74. The molecule has 5 heteroatoms. The highest BCUT2D eigenvalue weighted by Gasteiger charge is 2.08. The highest BCUT2D eigenvalue weighted by Crippen LogP contribution is 2.15. The summed E-state index contributed by atoms with van der Waals surface area (Å²) in [6, 6.07) is 0. The van der Waals surface area contributed by atoms with Crippen molar-refractivity contribution >= 4 is 25.3 Å². The van der Waals surface area contributed by atoms with Crippen LogP contribution in [0.25, 0.3) is 0 Å². The van der Waals surface area contributed by atoms with Crippen LogP contribution in [-0.4, -0.2) is 20.9 Å². The quantitative estimate of drug-likeness (QED) is 0.587. The Labute approximate surface area is 70.5 Å². The van der Waals surface area contributed by atoms with E-state index < -0.39 is 0 Å². The predicted molar refractivity (Wildman–Crippen MR) is 46.7 cm³/mol. The minimum absolute atomic E-state index is 0.0354. The lowest BCUT2D eigenvalue weighted by Crippen LogP contribution is -1.94. The molecule has 0 fully saturated rings. The van der Waals surface area contributed by atoms with E-state index in [4.69, 9.17) is 0 Å². The maximum Gasteiger partial charge on any atom is 0.164 e. The molecule has 0 aromatic carbocycles. The van der Waals surface area contributed by atoms with E-state index in [9.17, 15) is 0 Å². The second-order valence-electron chi connectivity index (χ2n) is 1.98. The number of H-pyrrole nitrogens is 1. The van der Waals surface area contributed by atoms with Gasteiger partial charge in [0.1, 0.15) is 5.82 Å². The summed E-state index contributed by atoms with van der Waals surface area (Å²) in [5.74, 6) is 2.19. The van der Waals surface area contributed by atoms with Crippen LogP contribution in [0.15, 0.2) is 0 Å². The highest BCUT2D eigenvalue weighted by atomic mass is 32.1. The van der Waals surface area contributed by atoms with Crippen LogP contribution < -0.4 is 0 Å². The maximum absolute atomic E-state index is 4.21. The summed E-state index contributed by atoms with van der Waals surface area (Å²) in [5, 5.41) is 6.70. The molecule has 1 aromatic heterocycles. The van der Waals surface area contributed by atoms with Crippen molar-refractivity contribution < 1.29 is 0 Å². The van der Waals surface area contributed by atoms with Gasteiger partial charge in [-0.05, 0) is 6.92 Å². The lowest BCUT2D eigenvalue weighted by molar-refractivity contribution is 0.941. The molecule has 0 radical (unpaired) electrons. The molecule has 1 heterocycles. The molecule has 0 saturated heterocycles. The molecule has 1 N–H and O–H groups in total. The van der Waals surface area contributed by atoms with E-state index in [0.29, 0.717) is 5.75 Å². The summed E-state index contributed by atoms with van der Waals surface area (Å²) in [7, 11) is 0. The maximum atomic E-state index is 4.21. The van der Waals surface area contributed by atoms with Crippen molar-refractivity contribution in [3.05, 3.63) is 11.6 Å². The van der Waals surface area contributed by atoms with Gasteiger partial charge in [-0.2, -0.15) is 30.4 Å². The Kier molecular flexibility index (Phi) is 2.62. The molecule has 0 spiro atoms. The van der Waals surface area contributed by atoms with Crippen molar-refractivity contribution in [2.24, 2.45) is 0 Å². The van der Waals surface area contributed by atoms with Gasteiger partial charge in [-0.25, -0.2) is 4.98 Å². The van der Waals surface area contributed by atoms with Crippen LogP contribution >= 0.6 is 25.3 Å². The normalized spacial score (nSPS) is 13.5. The zero-order chi connectivity index (χ0) is 7.56. The summed E-state index contributed by atoms with van der Waals surface area (Å²) >= 11 is 8.28. The number of rotatable bonds is 2. The van der Waals surface area contributed by atoms with Gasteiger partial charge < -0.3 is 0 Å². The van der Waals surface area contributed by atoms with Crippen LogP contribution in [0.5, 0.6) is 0 Å². The Hall–Kier alpha value is -0.160. The molecule has 1 atom stereocenters. The number of aromatic nitrogens is 3. The first-order valence-electron chi connectivity index (χ1n) is 2.92. The number of hydrogen-bond acceptors (Lipinski definition) is 4. The summed E-state index contributed by atoms with van der Waals surface area (Å²) in [6.45, 7) is 1.86. The molecule has 0 bridgehead atoms. The van der Waals surface area contributed by atoms with Gasteiger partial charge in [-0.1, -0.05) is 0 Å². The number of aryl methyl sites for hydroxylation is 1. The van der Waals surface area contributed by atoms with Crippen molar-refractivity contribution in [3.63, 3.8) is 0 Å². The first-order chi connectivity index (χ1) is 4.74. The van der Waals surface area contributed by atoms with Gasteiger partial charge in [-0.15, -0.1) is 0 Å². The molecule has 0 aliphatic rings. The van der Waals surface area contributed by atoms with Gasteiger partial charge in [0.05, 0.1) is 5.25 Å². The highest BCUT2D eigenvalue weighted by molar-refractivity contribution is 7.84. The van der Waals surface area contributed by atoms with Gasteiger partial charge in [0.2, 0.25) is 0 Å². The first-order valence-corrected chi connectivity index (χ1v) is 4.06. The predicted octanol–water partition coefficient (Wildman–Crippen LogP) is 1.01. The van der Waals surface area contributed by atoms with Crippen LogP contribution in [0, 0.1) is 6.92 Å². The second kappa shape index (κ2) is 3.30. The molecule has 1 rings (SSSR count). The standard InChI is InChI=1S/C5H9N3S2/c1-3-6-5(8-7-3)4(10)2-9/h4,9-10H,2H2,1H3,(H,6,7,8). The molecule has 0 amide bonds. The molecule has 0 aliphatic heterocycles. The van der Waals surface area contributed by atoms with Crippen LogP contribution in [0.4, 0.5) is 0 Å². The third-order valence-electron chi connectivity index (χ3n) is 1.09. The minimum atomic E-state index is 0.0354. The third kappa shape index (κ3) is 1.67. The van der Waals surface area contributed by atoms with Gasteiger partial charge in [0.15, 0.2) is 5.82 Å². The Morgan fingerprint density at radius 2 is 2.40 bits per heavy atom. The van der Waals surface area contributed by atoms with Crippen molar-refractivity contribution in [2.45, 2.75) is 12.2 Å². The van der Waals surface area contributed by atoms with E-state index in [0.717, 1.165) is 11.6 Å². The lowest BCUT2D eigenvalue weighted by atomic mass is 10.4. The van der Waals surface area contributed by atoms with E-state index in [2.05, 4.69) is 40.4 Å². The average Bonchev–Trinajstić information content (AvgIpc) is 2.34. The fourth-order valence-corrected chi connectivity index (χ4v) is 0.869. The summed E-state index contributed by atoms with van der Waals surface area (Å²) < 4.78 is 0. The number of nitrogens with one attached hydrogen (secondary N) is 1. The largest absolute Gasteiger partial charge is 0.263 e. The summed E-state index contributed by atoms with van der Waals surface area (Å²) in [5.41, 5.74) is 0. The topological polar surface area (TPSA) is 41.6 Å². The number of aromatic amines is 1. The number of nitrogens with zero attached hydrogens (tertiary/aromatic N) is 2. The monoisotopic (exact) mass is 175 g/mol. The van der Waals surface area contributed by atoms with Crippen LogP contribution in [0.1, 0.15) is 16.9 Å². The number of thiol groups is 2. The minimum Gasteiger partial charge on any atom is -0.263 e. The summed E-state index contributed by atoms with van der Waals surface area (Å²) in [4.78, 5) is 4.09. The average molecular weight is 175 g/mol. The van der Waals surface area contributed by atoms with Crippen LogP contribution in [-0.2, 0) is 0 Å². The molecular formula is C5H9N3S2. The van der Waals surface area contributed by atoms with Crippen molar-refractivity contribution in [2.75, 3.05) is 5.75 Å². The Bertz CT molecular complexity index is 210. The number of hydrogen-bond donors (Lipinski definition) is 3. The van der Waals surface area contributed by atoms with Gasteiger partial charge in [0.25, 0.3) is 0 Å². The van der Waals surface area contributed by atoms with Gasteiger partial charge >= 0.3 is 0 Å². The zero-order valence-electron chi connectivity index (χ0n) is 5.57. The molecule has 1 unspecified atom stereocenters. The van der Waals surface area contributed by atoms with Crippen molar-refractivity contribution in [1.82, 2.24) is 15.2 Å². The van der Waals surface area contributed by atoms with E-state index in [1.54, 1.807) is 0 Å². The zero-order valence-corrected chi connectivity index (χ0v) is 7.36. The summed E-state index contributed by atoms with van der Waals surface area (Å²) in [6.07, 6.45) is 0. The first kappa shape index (κ1) is 7.94. The SMILES string of the molecule is Cc1nc(C(S)CS)n[nH]1. The fourth-order valence-electron chi connectivity index (χ4n) is 0.591. The molecule has 0 saturated carbocycles. The van der Waals surface area contributed by atoms with E-state index in [1.165, 1.54) is 0 Å². The van der Waals surface area contributed by atoms with Gasteiger partial charge in [0, 0.05) is 5.75 Å². The molecule has 1 aromatic rings. The van der Waals surface area contributed by atoms with E-state index >= 15 is 0 Å². The Morgan fingerprint density at radius 3 is 2.80 bits per heavy atom. The molecule has 3 nitrogen and oxygen atoms in total. The smallest absolute Gasteiger partial charge is 0.164 e. The van der Waals surface area contributed by atoms with Crippen LogP contribution in [0.2, 0.25) is 0 Å².